The Morgan fingerprint density at radius 1 is 1.03 bits per heavy atom. The Balaban J connectivity index is 1.18. The van der Waals surface area contributed by atoms with Gasteiger partial charge in [-0.25, -0.2) is 4.39 Å². The molecule has 0 saturated carbocycles. The van der Waals surface area contributed by atoms with Gasteiger partial charge in [0.2, 0.25) is 5.91 Å². The lowest BCUT2D eigenvalue weighted by Crippen LogP contribution is -2.53. The van der Waals surface area contributed by atoms with Gasteiger partial charge in [0.15, 0.2) is 0 Å². The van der Waals surface area contributed by atoms with Crippen molar-refractivity contribution in [3.05, 3.63) is 65.5 Å². The number of piperazine rings is 1. The van der Waals surface area contributed by atoms with Crippen molar-refractivity contribution in [3.63, 3.8) is 0 Å². The third-order valence-corrected chi connectivity index (χ3v) is 6.73. The molecule has 2 fully saturated rings. The fraction of sp³-hybridized carbons (Fsp3) is 0.519. The average molecular weight is 453 g/mol. The summed E-state index contributed by atoms with van der Waals surface area (Å²) in [5.74, 6) is 0.000660. The van der Waals surface area contributed by atoms with Crippen LogP contribution in [0.5, 0.6) is 0 Å². The number of likely N-dealkylation sites (tertiary alicyclic amines) is 1. The molecule has 33 heavy (non-hydrogen) atoms. The minimum absolute atomic E-state index is 0.228. The van der Waals surface area contributed by atoms with E-state index in [-0.39, 0.29) is 17.8 Å². The molecule has 2 atom stereocenters. The molecule has 2 saturated heterocycles. The van der Waals surface area contributed by atoms with E-state index in [0.717, 1.165) is 57.7 Å². The van der Waals surface area contributed by atoms with Crippen molar-refractivity contribution in [3.8, 4) is 0 Å². The molecule has 0 aromatic heterocycles. The summed E-state index contributed by atoms with van der Waals surface area (Å²) >= 11 is 0. The molecule has 2 aromatic rings. The highest BCUT2D eigenvalue weighted by Gasteiger charge is 2.23. The molecule has 2 N–H and O–H groups in total. The number of rotatable bonds is 7. The zero-order valence-electron chi connectivity index (χ0n) is 19.9. The van der Waals surface area contributed by atoms with Crippen molar-refractivity contribution in [2.24, 2.45) is 0 Å². The molecule has 2 aliphatic rings. The first-order chi connectivity index (χ1) is 15.9. The fourth-order valence-corrected chi connectivity index (χ4v) is 5.14. The summed E-state index contributed by atoms with van der Waals surface area (Å²) in [7, 11) is 0. The first-order valence-electron chi connectivity index (χ1n) is 12.3. The molecule has 0 radical (unpaired) electrons. The van der Waals surface area contributed by atoms with Crippen LogP contribution in [0.2, 0.25) is 0 Å². The van der Waals surface area contributed by atoms with Gasteiger partial charge in [-0.2, -0.15) is 0 Å². The molecular weight excluding hydrogens is 415 g/mol. The van der Waals surface area contributed by atoms with Gasteiger partial charge >= 0.3 is 0 Å². The maximum atomic E-state index is 13.4. The number of nitrogens with one attached hydrogen (secondary N) is 2. The van der Waals surface area contributed by atoms with Crippen LogP contribution in [0.1, 0.15) is 44.2 Å². The van der Waals surface area contributed by atoms with Crippen LogP contribution in [-0.2, 0) is 17.8 Å². The SMILES string of the molecule is C[C@@H]1CN(Cc2ccc(CCC(=O)N3CCC(Nc4cccc(F)c4)CC3)cc2)C[C@H](C)N1. The van der Waals surface area contributed by atoms with Gasteiger partial charge in [-0.15, -0.1) is 0 Å². The number of anilines is 1. The maximum Gasteiger partial charge on any atom is 0.222 e. The predicted octanol–water partition coefficient (Wildman–Crippen LogP) is 4.04. The van der Waals surface area contributed by atoms with Crippen molar-refractivity contribution in [2.75, 3.05) is 31.5 Å². The van der Waals surface area contributed by atoms with Crippen molar-refractivity contribution < 1.29 is 9.18 Å². The maximum absolute atomic E-state index is 13.4. The van der Waals surface area contributed by atoms with E-state index in [9.17, 15) is 9.18 Å². The average Bonchev–Trinajstić information content (AvgIpc) is 2.78. The number of amides is 1. The van der Waals surface area contributed by atoms with Crippen molar-refractivity contribution >= 4 is 11.6 Å². The van der Waals surface area contributed by atoms with E-state index < -0.39 is 0 Å². The molecule has 0 bridgehead atoms. The molecule has 5 nitrogen and oxygen atoms in total. The highest BCUT2D eigenvalue weighted by Crippen LogP contribution is 2.19. The topological polar surface area (TPSA) is 47.6 Å². The van der Waals surface area contributed by atoms with E-state index in [1.54, 1.807) is 6.07 Å². The number of nitrogens with zero attached hydrogens (tertiary/aromatic N) is 2. The monoisotopic (exact) mass is 452 g/mol. The third-order valence-electron chi connectivity index (χ3n) is 6.73. The van der Waals surface area contributed by atoms with Gasteiger partial charge in [0.1, 0.15) is 5.82 Å². The smallest absolute Gasteiger partial charge is 0.222 e. The van der Waals surface area contributed by atoms with Gasteiger partial charge in [-0.3, -0.25) is 9.69 Å². The van der Waals surface area contributed by atoms with E-state index in [0.29, 0.717) is 18.5 Å². The van der Waals surface area contributed by atoms with E-state index in [4.69, 9.17) is 0 Å². The summed E-state index contributed by atoms with van der Waals surface area (Å²) in [5.41, 5.74) is 3.36. The van der Waals surface area contributed by atoms with E-state index in [2.05, 4.69) is 53.6 Å². The van der Waals surface area contributed by atoms with Crippen LogP contribution < -0.4 is 10.6 Å². The highest BCUT2D eigenvalue weighted by atomic mass is 19.1. The standard InChI is InChI=1S/C27H37FN4O/c1-20-17-31(18-21(2)29-20)19-23-8-6-22(7-9-23)10-11-27(33)32-14-12-25(13-15-32)30-26-5-3-4-24(28)16-26/h3-9,16,20-21,25,29-30H,10-15,17-19H2,1-2H3/t20-,21+. The Morgan fingerprint density at radius 2 is 1.70 bits per heavy atom. The second-order valence-corrected chi connectivity index (χ2v) is 9.79. The highest BCUT2D eigenvalue weighted by molar-refractivity contribution is 5.76. The van der Waals surface area contributed by atoms with Crippen LogP contribution in [0.15, 0.2) is 48.5 Å². The normalized spacial score (nSPS) is 22.3. The minimum Gasteiger partial charge on any atom is -0.382 e. The second-order valence-electron chi connectivity index (χ2n) is 9.79. The van der Waals surface area contributed by atoms with Gasteiger partial charge in [-0.1, -0.05) is 30.3 Å². The van der Waals surface area contributed by atoms with Crippen molar-refractivity contribution in [1.29, 1.82) is 0 Å². The van der Waals surface area contributed by atoms with Gasteiger partial charge in [0, 0.05) is 63.0 Å². The molecule has 4 rings (SSSR count). The van der Waals surface area contributed by atoms with Crippen LogP contribution in [0.3, 0.4) is 0 Å². The summed E-state index contributed by atoms with van der Waals surface area (Å²) in [5, 5.41) is 6.97. The van der Waals surface area contributed by atoms with Crippen molar-refractivity contribution in [1.82, 2.24) is 15.1 Å². The van der Waals surface area contributed by atoms with E-state index >= 15 is 0 Å². The number of halogens is 1. The summed E-state index contributed by atoms with van der Waals surface area (Å²) in [6.45, 7) is 9.13. The lowest BCUT2D eigenvalue weighted by molar-refractivity contribution is -0.132. The van der Waals surface area contributed by atoms with Crippen LogP contribution in [-0.4, -0.2) is 60.0 Å². The molecule has 0 unspecified atom stereocenters. The number of aryl methyl sites for hydroxylation is 1. The summed E-state index contributed by atoms with van der Waals surface area (Å²) < 4.78 is 13.4. The van der Waals surface area contributed by atoms with Crippen molar-refractivity contribution in [2.45, 2.75) is 64.2 Å². The molecule has 0 aliphatic carbocycles. The molecule has 2 aromatic carbocycles. The van der Waals surface area contributed by atoms with Crippen LogP contribution in [0.25, 0.3) is 0 Å². The number of hydrogen-bond acceptors (Lipinski definition) is 4. The number of piperidine rings is 1. The summed E-state index contributed by atoms with van der Waals surface area (Å²) in [6, 6.07) is 16.7. The Morgan fingerprint density at radius 3 is 2.36 bits per heavy atom. The fourth-order valence-electron chi connectivity index (χ4n) is 5.14. The largest absolute Gasteiger partial charge is 0.382 e. The molecule has 0 spiro atoms. The first kappa shape index (κ1) is 23.7. The molecular formula is C27H37FN4O. The lowest BCUT2D eigenvalue weighted by Gasteiger charge is -2.36. The number of carbonyl (C=O) groups is 1. The van der Waals surface area contributed by atoms with Crippen LogP contribution >= 0.6 is 0 Å². The molecule has 1 amide bonds. The Kier molecular flexibility index (Phi) is 7.99. The Labute approximate surface area is 197 Å². The number of hydrogen-bond donors (Lipinski definition) is 2. The quantitative estimate of drug-likeness (QED) is 0.666. The number of benzene rings is 2. The second kappa shape index (κ2) is 11.1. The lowest BCUT2D eigenvalue weighted by atomic mass is 10.0. The predicted molar refractivity (Wildman–Crippen MR) is 132 cm³/mol. The van der Waals surface area contributed by atoms with Gasteiger partial charge in [0.25, 0.3) is 0 Å². The Hall–Kier alpha value is -2.44. The van der Waals surface area contributed by atoms with E-state index in [1.807, 2.05) is 11.0 Å². The van der Waals surface area contributed by atoms with E-state index in [1.165, 1.54) is 23.3 Å². The van der Waals surface area contributed by atoms with Gasteiger partial charge in [0.05, 0.1) is 0 Å². The van der Waals surface area contributed by atoms with Gasteiger partial charge < -0.3 is 15.5 Å². The zero-order chi connectivity index (χ0) is 23.2. The molecule has 178 valence electrons. The Bertz CT molecular complexity index is 901. The van der Waals surface area contributed by atoms with Gasteiger partial charge in [-0.05, 0) is 62.4 Å². The van der Waals surface area contributed by atoms with Crippen LogP contribution in [0.4, 0.5) is 10.1 Å². The third kappa shape index (κ3) is 7.02. The van der Waals surface area contributed by atoms with Crippen LogP contribution in [0, 0.1) is 5.82 Å². The molecule has 2 aliphatic heterocycles. The molecule has 2 heterocycles. The first-order valence-corrected chi connectivity index (χ1v) is 12.3. The zero-order valence-corrected chi connectivity index (χ0v) is 19.9. The minimum atomic E-state index is -0.228. The molecule has 6 heteroatoms. The number of carbonyl (C=O) groups excluding carboxylic acids is 1. The summed E-state index contributed by atoms with van der Waals surface area (Å²) in [6.07, 6.45) is 3.11. The summed E-state index contributed by atoms with van der Waals surface area (Å²) in [4.78, 5) is 17.2.